The Hall–Kier alpha value is -3.53. The lowest BCUT2D eigenvalue weighted by atomic mass is 10.2. The molecule has 2 heterocycles. The minimum absolute atomic E-state index is 0.409. The van der Waals surface area contributed by atoms with E-state index < -0.39 is 24.3 Å². The van der Waals surface area contributed by atoms with Gasteiger partial charge in [0.25, 0.3) is 0 Å². The summed E-state index contributed by atoms with van der Waals surface area (Å²) in [6, 6.07) is 12.1. The van der Waals surface area contributed by atoms with Crippen molar-refractivity contribution in [1.29, 1.82) is 0 Å². The molecule has 4 aromatic rings. The van der Waals surface area contributed by atoms with E-state index in [0.29, 0.717) is 17.2 Å². The summed E-state index contributed by atoms with van der Waals surface area (Å²) in [5.41, 5.74) is 2.10. The Bertz CT molecular complexity index is 1300. The molecule has 0 aliphatic heterocycles. The van der Waals surface area contributed by atoms with Gasteiger partial charge in [-0.3, -0.25) is 4.98 Å². The molecule has 0 amide bonds. The van der Waals surface area contributed by atoms with E-state index in [1.54, 1.807) is 29.2 Å². The Morgan fingerprint density at radius 2 is 1.91 bits per heavy atom. The number of thioether (sulfide) groups is 1. The standard InChI is InChI=1S/C23H18F3N3O3S/c1-14-10-17(6-7-21(14)32-12-22(30)31)33-13-19-18-11-27-9-8-20(18)29(28-19)16-4-2-15(3-5-16)23(24,25)26/h2-11H,12-13H2,1H3,(H,30,31). The van der Waals surface area contributed by atoms with Gasteiger partial charge >= 0.3 is 12.1 Å². The molecular formula is C23H18F3N3O3S. The Labute approximate surface area is 191 Å². The van der Waals surface area contributed by atoms with Gasteiger partial charge in [-0.25, -0.2) is 9.48 Å². The largest absolute Gasteiger partial charge is 0.482 e. The number of nitrogens with zero attached hydrogens (tertiary/aromatic N) is 3. The van der Waals surface area contributed by atoms with Gasteiger partial charge in [-0.05, 0) is 61.0 Å². The van der Waals surface area contributed by atoms with Gasteiger partial charge in [0, 0.05) is 28.4 Å². The number of alkyl halides is 3. The van der Waals surface area contributed by atoms with Crippen molar-refractivity contribution in [3.05, 3.63) is 77.7 Å². The minimum atomic E-state index is -4.40. The van der Waals surface area contributed by atoms with Crippen LogP contribution in [0.1, 0.15) is 16.8 Å². The Balaban J connectivity index is 1.57. The molecule has 0 saturated heterocycles. The van der Waals surface area contributed by atoms with Crippen LogP contribution in [-0.2, 0) is 16.7 Å². The fraction of sp³-hybridized carbons (Fsp3) is 0.174. The average Bonchev–Trinajstić information content (AvgIpc) is 3.15. The van der Waals surface area contributed by atoms with E-state index in [1.165, 1.54) is 23.9 Å². The first-order chi connectivity index (χ1) is 15.7. The molecule has 10 heteroatoms. The first-order valence-electron chi connectivity index (χ1n) is 9.79. The number of hydrogen-bond donors (Lipinski definition) is 1. The minimum Gasteiger partial charge on any atom is -0.482 e. The number of aliphatic carboxylic acids is 1. The van der Waals surface area contributed by atoms with E-state index in [-0.39, 0.29) is 0 Å². The molecule has 0 unspecified atom stereocenters. The number of aryl methyl sites for hydroxylation is 1. The number of hydrogen-bond acceptors (Lipinski definition) is 5. The number of aromatic nitrogens is 3. The van der Waals surface area contributed by atoms with E-state index >= 15 is 0 Å². The van der Waals surface area contributed by atoms with Crippen LogP contribution >= 0.6 is 11.8 Å². The topological polar surface area (TPSA) is 77.2 Å². The van der Waals surface area contributed by atoms with E-state index in [0.717, 1.165) is 39.2 Å². The maximum Gasteiger partial charge on any atom is 0.416 e. The summed E-state index contributed by atoms with van der Waals surface area (Å²) in [7, 11) is 0. The number of carboxylic acid groups (broad SMARTS) is 1. The highest BCUT2D eigenvalue weighted by Crippen LogP contribution is 2.32. The van der Waals surface area contributed by atoms with Crippen molar-refractivity contribution in [2.45, 2.75) is 23.7 Å². The van der Waals surface area contributed by atoms with Crippen LogP contribution in [0.2, 0.25) is 0 Å². The van der Waals surface area contributed by atoms with Gasteiger partial charge in [-0.1, -0.05) is 0 Å². The summed E-state index contributed by atoms with van der Waals surface area (Å²) >= 11 is 1.53. The number of benzene rings is 2. The molecule has 1 N–H and O–H groups in total. The molecular weight excluding hydrogens is 455 g/mol. The van der Waals surface area contributed by atoms with E-state index in [4.69, 9.17) is 9.84 Å². The first kappa shape index (κ1) is 22.7. The molecule has 0 bridgehead atoms. The number of fused-ring (bicyclic) bond motifs is 1. The molecule has 0 spiro atoms. The molecule has 4 rings (SSSR count). The van der Waals surface area contributed by atoms with Crippen molar-refractivity contribution in [3.63, 3.8) is 0 Å². The molecule has 2 aromatic heterocycles. The molecule has 0 aliphatic rings. The summed E-state index contributed by atoms with van der Waals surface area (Å²) in [5, 5.41) is 14.2. The average molecular weight is 473 g/mol. The second-order valence-corrected chi connectivity index (χ2v) is 8.24. The van der Waals surface area contributed by atoms with Crippen LogP contribution in [0.4, 0.5) is 13.2 Å². The predicted octanol–water partition coefficient (Wildman–Crippen LogP) is 5.50. The second kappa shape index (κ2) is 9.14. The van der Waals surface area contributed by atoms with Crippen LogP contribution in [0.5, 0.6) is 5.75 Å². The highest BCUT2D eigenvalue weighted by Gasteiger charge is 2.30. The third kappa shape index (κ3) is 5.11. The lowest BCUT2D eigenvalue weighted by Crippen LogP contribution is -2.09. The van der Waals surface area contributed by atoms with Gasteiger partial charge in [-0.15, -0.1) is 11.8 Å². The maximum atomic E-state index is 12.9. The van der Waals surface area contributed by atoms with Gasteiger partial charge in [0.1, 0.15) is 5.75 Å². The molecule has 0 atom stereocenters. The molecule has 170 valence electrons. The van der Waals surface area contributed by atoms with Crippen LogP contribution in [0.3, 0.4) is 0 Å². The molecule has 6 nitrogen and oxygen atoms in total. The molecule has 2 aromatic carbocycles. The third-order valence-electron chi connectivity index (χ3n) is 4.87. The summed E-state index contributed by atoms with van der Waals surface area (Å²) < 4.78 is 45.6. The lowest BCUT2D eigenvalue weighted by Gasteiger charge is -2.09. The monoisotopic (exact) mass is 473 g/mol. The smallest absolute Gasteiger partial charge is 0.416 e. The van der Waals surface area contributed by atoms with E-state index in [1.807, 2.05) is 19.1 Å². The van der Waals surface area contributed by atoms with Crippen molar-refractivity contribution >= 4 is 28.6 Å². The van der Waals surface area contributed by atoms with Crippen molar-refractivity contribution in [2.24, 2.45) is 0 Å². The first-order valence-corrected chi connectivity index (χ1v) is 10.8. The lowest BCUT2D eigenvalue weighted by molar-refractivity contribution is -0.139. The highest BCUT2D eigenvalue weighted by atomic mass is 32.2. The fourth-order valence-corrected chi connectivity index (χ4v) is 4.22. The number of rotatable bonds is 7. The Kier molecular flexibility index (Phi) is 6.28. The Morgan fingerprint density at radius 1 is 1.15 bits per heavy atom. The third-order valence-corrected chi connectivity index (χ3v) is 5.88. The fourth-order valence-electron chi connectivity index (χ4n) is 3.28. The zero-order valence-corrected chi connectivity index (χ0v) is 18.2. The van der Waals surface area contributed by atoms with Gasteiger partial charge in [-0.2, -0.15) is 18.3 Å². The summed E-state index contributed by atoms with van der Waals surface area (Å²) in [6.45, 7) is 1.42. The second-order valence-electron chi connectivity index (χ2n) is 7.19. The van der Waals surface area contributed by atoms with Crippen LogP contribution < -0.4 is 4.74 Å². The van der Waals surface area contributed by atoms with Crippen LogP contribution in [-0.4, -0.2) is 32.4 Å². The number of pyridine rings is 1. The number of carbonyl (C=O) groups is 1. The quantitative estimate of drug-likeness (QED) is 0.357. The highest BCUT2D eigenvalue weighted by molar-refractivity contribution is 7.98. The number of halogens is 3. The van der Waals surface area contributed by atoms with Crippen molar-refractivity contribution in [3.8, 4) is 11.4 Å². The van der Waals surface area contributed by atoms with Crippen molar-refractivity contribution < 1.29 is 27.8 Å². The van der Waals surface area contributed by atoms with Gasteiger partial charge < -0.3 is 9.84 Å². The maximum absolute atomic E-state index is 12.9. The summed E-state index contributed by atoms with van der Waals surface area (Å²) in [6.07, 6.45) is -1.10. The van der Waals surface area contributed by atoms with E-state index in [2.05, 4.69) is 10.1 Å². The summed E-state index contributed by atoms with van der Waals surface area (Å²) in [4.78, 5) is 15.8. The summed E-state index contributed by atoms with van der Waals surface area (Å²) in [5.74, 6) is -0.0371. The number of ether oxygens (including phenoxy) is 1. The number of carboxylic acids is 1. The van der Waals surface area contributed by atoms with Crippen molar-refractivity contribution in [2.75, 3.05) is 6.61 Å². The predicted molar refractivity (Wildman–Crippen MR) is 118 cm³/mol. The van der Waals surface area contributed by atoms with Crippen LogP contribution in [0.15, 0.2) is 65.8 Å². The molecule has 0 saturated carbocycles. The van der Waals surface area contributed by atoms with E-state index in [9.17, 15) is 18.0 Å². The SMILES string of the molecule is Cc1cc(SCc2nn(-c3ccc(C(F)(F)F)cc3)c3ccncc23)ccc1OCC(=O)O. The van der Waals surface area contributed by atoms with Crippen LogP contribution in [0, 0.1) is 6.92 Å². The Morgan fingerprint density at radius 3 is 2.58 bits per heavy atom. The van der Waals surface area contributed by atoms with Crippen LogP contribution in [0.25, 0.3) is 16.6 Å². The zero-order chi connectivity index (χ0) is 23.6. The van der Waals surface area contributed by atoms with Gasteiger partial charge in [0.15, 0.2) is 6.61 Å². The molecule has 33 heavy (non-hydrogen) atoms. The molecule has 0 radical (unpaired) electrons. The van der Waals surface area contributed by atoms with Crippen molar-refractivity contribution in [1.82, 2.24) is 14.8 Å². The van der Waals surface area contributed by atoms with Gasteiger partial charge in [0.2, 0.25) is 0 Å². The van der Waals surface area contributed by atoms with Gasteiger partial charge in [0.05, 0.1) is 22.5 Å². The molecule has 0 fully saturated rings. The molecule has 0 aliphatic carbocycles. The normalized spacial score (nSPS) is 11.6. The zero-order valence-electron chi connectivity index (χ0n) is 17.3.